The molecule has 2 fully saturated rings. The fourth-order valence-corrected chi connectivity index (χ4v) is 4.04. The highest BCUT2D eigenvalue weighted by Gasteiger charge is 2.34. The van der Waals surface area contributed by atoms with Gasteiger partial charge in [-0.2, -0.15) is 0 Å². The zero-order valence-corrected chi connectivity index (χ0v) is 10.9. The van der Waals surface area contributed by atoms with E-state index in [0.29, 0.717) is 17.8 Å². The Morgan fingerprint density at radius 1 is 0.882 bits per heavy atom. The van der Waals surface area contributed by atoms with Gasteiger partial charge in [-0.3, -0.25) is 0 Å². The summed E-state index contributed by atoms with van der Waals surface area (Å²) in [6.45, 7) is 4.12. The molecule has 0 bridgehead atoms. The summed E-state index contributed by atoms with van der Waals surface area (Å²) in [5.41, 5.74) is 0. The minimum absolute atomic E-state index is 0.0867. The molecule has 2 heteroatoms. The third-order valence-corrected chi connectivity index (χ3v) is 4.92. The zero-order valence-electron chi connectivity index (χ0n) is 10.9. The molecular weight excluding hydrogens is 212 g/mol. The molecule has 2 rings (SSSR count). The van der Waals surface area contributed by atoms with Crippen LogP contribution in [0.3, 0.4) is 0 Å². The number of aliphatic hydroxyl groups is 2. The van der Waals surface area contributed by atoms with Crippen molar-refractivity contribution < 1.29 is 10.2 Å². The van der Waals surface area contributed by atoms with Gasteiger partial charge in [-0.05, 0) is 62.7 Å². The Labute approximate surface area is 105 Å². The number of aliphatic hydroxyl groups excluding tert-OH is 2. The van der Waals surface area contributed by atoms with E-state index in [-0.39, 0.29) is 12.2 Å². The van der Waals surface area contributed by atoms with Gasteiger partial charge in [0.05, 0.1) is 12.2 Å². The molecule has 0 aliphatic heterocycles. The van der Waals surface area contributed by atoms with Crippen LogP contribution in [0.1, 0.15) is 57.8 Å². The average molecular weight is 239 g/mol. The van der Waals surface area contributed by atoms with Crippen LogP contribution in [0.5, 0.6) is 0 Å². The Bertz CT molecular complexity index is 207. The van der Waals surface area contributed by atoms with Crippen molar-refractivity contribution in [2.75, 3.05) is 0 Å². The van der Waals surface area contributed by atoms with Crippen LogP contribution in [0.25, 0.3) is 0 Å². The van der Waals surface area contributed by atoms with Crippen molar-refractivity contribution in [2.45, 2.75) is 70.0 Å². The standard InChI is InChI=1S/C15H27O2/c1-2-15(11-5-3-7-13(16)9-11)12-6-4-8-14(17)10-12/h11-17H,1-10H2. The topological polar surface area (TPSA) is 40.5 Å². The molecule has 0 spiro atoms. The van der Waals surface area contributed by atoms with E-state index in [0.717, 1.165) is 44.9 Å². The highest BCUT2D eigenvalue weighted by Crippen LogP contribution is 2.41. The van der Waals surface area contributed by atoms with Gasteiger partial charge < -0.3 is 10.2 Å². The summed E-state index contributed by atoms with van der Waals surface area (Å²) in [5, 5.41) is 19.6. The maximum Gasteiger partial charge on any atom is 0.0543 e. The lowest BCUT2D eigenvalue weighted by molar-refractivity contribution is 0.0301. The number of rotatable bonds is 3. The first-order chi connectivity index (χ1) is 8.20. The van der Waals surface area contributed by atoms with Gasteiger partial charge in [0.15, 0.2) is 0 Å². The van der Waals surface area contributed by atoms with E-state index < -0.39 is 0 Å². The smallest absolute Gasteiger partial charge is 0.0543 e. The van der Waals surface area contributed by atoms with Gasteiger partial charge in [0, 0.05) is 0 Å². The van der Waals surface area contributed by atoms with E-state index in [4.69, 9.17) is 0 Å². The molecule has 0 aromatic heterocycles. The van der Waals surface area contributed by atoms with Crippen molar-refractivity contribution in [3.63, 3.8) is 0 Å². The Morgan fingerprint density at radius 3 is 1.71 bits per heavy atom. The Kier molecular flexibility index (Phi) is 4.87. The monoisotopic (exact) mass is 239 g/mol. The molecule has 2 saturated carbocycles. The van der Waals surface area contributed by atoms with E-state index in [1.807, 2.05) is 0 Å². The van der Waals surface area contributed by atoms with Crippen LogP contribution in [0.4, 0.5) is 0 Å². The molecule has 0 aromatic rings. The quantitative estimate of drug-likeness (QED) is 0.795. The average Bonchev–Trinajstić information content (AvgIpc) is 2.30. The van der Waals surface area contributed by atoms with Gasteiger partial charge in [0.2, 0.25) is 0 Å². The van der Waals surface area contributed by atoms with Crippen molar-refractivity contribution in [3.05, 3.63) is 6.92 Å². The van der Waals surface area contributed by atoms with Gasteiger partial charge >= 0.3 is 0 Å². The summed E-state index contributed by atoms with van der Waals surface area (Å²) in [5.74, 6) is 1.91. The molecule has 17 heavy (non-hydrogen) atoms. The van der Waals surface area contributed by atoms with Gasteiger partial charge in [0.1, 0.15) is 0 Å². The summed E-state index contributed by atoms with van der Waals surface area (Å²) < 4.78 is 0. The Balaban J connectivity index is 1.94. The summed E-state index contributed by atoms with van der Waals surface area (Å²) in [4.78, 5) is 0. The first-order valence-corrected chi connectivity index (χ1v) is 7.36. The lowest BCUT2D eigenvalue weighted by Crippen LogP contribution is -2.33. The Hall–Kier alpha value is -0.0800. The van der Waals surface area contributed by atoms with Gasteiger partial charge in [-0.15, -0.1) is 0 Å². The molecule has 1 radical (unpaired) electrons. The van der Waals surface area contributed by atoms with Gasteiger partial charge in [-0.25, -0.2) is 0 Å². The van der Waals surface area contributed by atoms with Crippen molar-refractivity contribution >= 4 is 0 Å². The lowest BCUT2D eigenvalue weighted by atomic mass is 9.68. The summed E-state index contributed by atoms with van der Waals surface area (Å²) in [6, 6.07) is 0. The van der Waals surface area contributed by atoms with Crippen molar-refractivity contribution in [2.24, 2.45) is 17.8 Å². The number of hydrogen-bond acceptors (Lipinski definition) is 2. The molecule has 0 aromatic carbocycles. The van der Waals surface area contributed by atoms with Crippen LogP contribution in [-0.2, 0) is 0 Å². The molecule has 2 nitrogen and oxygen atoms in total. The highest BCUT2D eigenvalue weighted by molar-refractivity contribution is 4.86. The molecule has 4 atom stereocenters. The second kappa shape index (κ2) is 6.19. The molecule has 99 valence electrons. The van der Waals surface area contributed by atoms with E-state index in [2.05, 4.69) is 6.92 Å². The van der Waals surface area contributed by atoms with Crippen molar-refractivity contribution in [3.8, 4) is 0 Å². The van der Waals surface area contributed by atoms with E-state index >= 15 is 0 Å². The molecule has 0 amide bonds. The normalized spacial score (nSPS) is 41.1. The first-order valence-electron chi connectivity index (χ1n) is 7.36. The third-order valence-electron chi connectivity index (χ3n) is 4.92. The van der Waals surface area contributed by atoms with Gasteiger partial charge in [0.25, 0.3) is 0 Å². The molecule has 2 aliphatic carbocycles. The third kappa shape index (κ3) is 3.45. The predicted octanol–water partition coefficient (Wildman–Crippen LogP) is 2.93. The zero-order chi connectivity index (χ0) is 12.3. The maximum atomic E-state index is 9.80. The summed E-state index contributed by atoms with van der Waals surface area (Å²) in [6.07, 6.45) is 9.52. The van der Waals surface area contributed by atoms with E-state index in [9.17, 15) is 10.2 Å². The van der Waals surface area contributed by atoms with Crippen LogP contribution in [0.2, 0.25) is 0 Å². The number of hydrogen-bond donors (Lipinski definition) is 2. The van der Waals surface area contributed by atoms with Crippen LogP contribution in [0.15, 0.2) is 0 Å². The molecule has 4 unspecified atom stereocenters. The molecular formula is C15H27O2. The first kappa shape index (κ1) is 13.4. The van der Waals surface area contributed by atoms with E-state index in [1.165, 1.54) is 12.8 Å². The minimum Gasteiger partial charge on any atom is -0.393 e. The Morgan fingerprint density at radius 2 is 1.35 bits per heavy atom. The van der Waals surface area contributed by atoms with Crippen LogP contribution in [0, 0.1) is 24.7 Å². The fraction of sp³-hybridized carbons (Fsp3) is 0.933. The minimum atomic E-state index is -0.0867. The van der Waals surface area contributed by atoms with Crippen LogP contribution < -0.4 is 0 Å². The van der Waals surface area contributed by atoms with Crippen LogP contribution in [-0.4, -0.2) is 22.4 Å². The van der Waals surface area contributed by atoms with E-state index in [1.54, 1.807) is 0 Å². The largest absolute Gasteiger partial charge is 0.393 e. The van der Waals surface area contributed by atoms with Gasteiger partial charge in [-0.1, -0.05) is 19.8 Å². The van der Waals surface area contributed by atoms with Crippen LogP contribution >= 0.6 is 0 Å². The highest BCUT2D eigenvalue weighted by atomic mass is 16.3. The van der Waals surface area contributed by atoms with Crippen molar-refractivity contribution in [1.82, 2.24) is 0 Å². The summed E-state index contributed by atoms with van der Waals surface area (Å²) >= 11 is 0. The second-order valence-electron chi connectivity index (χ2n) is 6.11. The molecule has 2 N–H and O–H groups in total. The molecule has 0 heterocycles. The maximum absolute atomic E-state index is 9.80. The predicted molar refractivity (Wildman–Crippen MR) is 69.4 cm³/mol. The second-order valence-corrected chi connectivity index (χ2v) is 6.11. The van der Waals surface area contributed by atoms with Crippen molar-refractivity contribution in [1.29, 1.82) is 0 Å². The lowest BCUT2D eigenvalue weighted by Gasteiger charge is -2.39. The SMILES string of the molecule is [CH2]CC(C1CCCC(O)C1)C1CCCC(O)C1. The fourth-order valence-electron chi connectivity index (χ4n) is 4.04. The summed E-state index contributed by atoms with van der Waals surface area (Å²) in [7, 11) is 0. The molecule has 2 aliphatic rings. The molecule has 0 saturated heterocycles.